The van der Waals surface area contributed by atoms with Gasteiger partial charge in [-0.15, -0.1) is 0 Å². The van der Waals surface area contributed by atoms with Gasteiger partial charge in [0.25, 0.3) is 5.56 Å². The highest BCUT2D eigenvalue weighted by molar-refractivity contribution is 9.10. The van der Waals surface area contributed by atoms with Crippen molar-refractivity contribution in [2.75, 3.05) is 5.32 Å². The van der Waals surface area contributed by atoms with Crippen LogP contribution in [0, 0.1) is 5.82 Å². The summed E-state index contributed by atoms with van der Waals surface area (Å²) in [6.07, 6.45) is 2.24. The second kappa shape index (κ2) is 6.16. The van der Waals surface area contributed by atoms with E-state index in [0.717, 1.165) is 12.8 Å². The predicted octanol–water partition coefficient (Wildman–Crippen LogP) is 3.53. The van der Waals surface area contributed by atoms with Crippen LogP contribution in [0.15, 0.2) is 33.5 Å². The first-order valence-corrected chi connectivity index (χ1v) is 7.99. The van der Waals surface area contributed by atoms with Crippen LogP contribution in [0.25, 0.3) is 0 Å². The molecular formula is C16H14BrFN2O3. The maximum atomic E-state index is 13.9. The molecule has 0 fully saturated rings. The largest absolute Gasteiger partial charge is 0.478 e. The number of carboxylic acid groups (broad SMARTS) is 1. The molecule has 2 aromatic rings. The molecule has 23 heavy (non-hydrogen) atoms. The number of pyridine rings is 1. The van der Waals surface area contributed by atoms with E-state index < -0.39 is 11.8 Å². The van der Waals surface area contributed by atoms with Crippen molar-refractivity contribution in [2.45, 2.75) is 25.8 Å². The van der Waals surface area contributed by atoms with E-state index in [2.05, 4.69) is 21.2 Å². The summed E-state index contributed by atoms with van der Waals surface area (Å²) in [5.74, 6) is -1.62. The van der Waals surface area contributed by atoms with E-state index in [1.165, 1.54) is 22.8 Å². The van der Waals surface area contributed by atoms with Crippen molar-refractivity contribution < 1.29 is 14.3 Å². The highest BCUT2D eigenvalue weighted by atomic mass is 79.9. The van der Waals surface area contributed by atoms with Crippen molar-refractivity contribution in [3.8, 4) is 0 Å². The normalized spacial score (nSPS) is 13.5. The van der Waals surface area contributed by atoms with Crippen molar-refractivity contribution in [3.05, 3.63) is 56.2 Å². The smallest absolute Gasteiger partial charge is 0.337 e. The fraction of sp³-hybridized carbons (Fsp3) is 0.250. The zero-order chi connectivity index (χ0) is 16.6. The number of fused-ring (bicyclic) bond motifs is 1. The Hall–Kier alpha value is -2.15. The van der Waals surface area contributed by atoms with Gasteiger partial charge in [0, 0.05) is 16.7 Å². The van der Waals surface area contributed by atoms with Gasteiger partial charge >= 0.3 is 5.97 Å². The Morgan fingerprint density at radius 1 is 1.26 bits per heavy atom. The first-order chi connectivity index (χ1) is 11.0. The standard InChI is InChI=1S/C16H14BrFN2O3/c17-9-4-5-12(11(18)7-9)19-13-8-10(16(22)23)14-3-1-2-6-20(14)15(13)21/h4-5,7-8,19H,1-3,6H2,(H,22,23). The van der Waals surface area contributed by atoms with Crippen LogP contribution in [0.5, 0.6) is 0 Å². The molecule has 7 heteroatoms. The van der Waals surface area contributed by atoms with Crippen LogP contribution in [-0.2, 0) is 13.0 Å². The summed E-state index contributed by atoms with van der Waals surface area (Å²) in [6.45, 7) is 0.479. The minimum absolute atomic E-state index is 0.0641. The van der Waals surface area contributed by atoms with Gasteiger partial charge in [0.2, 0.25) is 0 Å². The number of benzene rings is 1. The van der Waals surface area contributed by atoms with Gasteiger partial charge in [0.15, 0.2) is 0 Å². The second-order valence-electron chi connectivity index (χ2n) is 5.39. The van der Waals surface area contributed by atoms with Gasteiger partial charge in [-0.3, -0.25) is 4.79 Å². The zero-order valence-corrected chi connectivity index (χ0v) is 13.7. The van der Waals surface area contributed by atoms with E-state index in [1.54, 1.807) is 6.07 Å². The first-order valence-electron chi connectivity index (χ1n) is 7.19. The summed E-state index contributed by atoms with van der Waals surface area (Å²) in [4.78, 5) is 24.0. The third-order valence-electron chi connectivity index (χ3n) is 3.88. The maximum absolute atomic E-state index is 13.9. The van der Waals surface area contributed by atoms with Crippen LogP contribution in [0.3, 0.4) is 0 Å². The molecule has 0 saturated carbocycles. The van der Waals surface area contributed by atoms with Gasteiger partial charge in [-0.05, 0) is 43.5 Å². The molecule has 0 unspecified atom stereocenters. The third kappa shape index (κ3) is 3.01. The molecular weight excluding hydrogens is 367 g/mol. The minimum atomic E-state index is -1.09. The van der Waals surface area contributed by atoms with Gasteiger partial charge in [0.05, 0.1) is 11.3 Å². The first kappa shape index (κ1) is 15.7. The number of anilines is 2. The lowest BCUT2D eigenvalue weighted by atomic mass is 10.0. The van der Waals surface area contributed by atoms with Gasteiger partial charge in [-0.1, -0.05) is 15.9 Å². The molecule has 0 aliphatic carbocycles. The lowest BCUT2D eigenvalue weighted by Gasteiger charge is -2.21. The Bertz CT molecular complexity index is 848. The van der Waals surface area contributed by atoms with E-state index in [-0.39, 0.29) is 22.5 Å². The van der Waals surface area contributed by atoms with Crippen LogP contribution in [-0.4, -0.2) is 15.6 Å². The van der Waals surface area contributed by atoms with Gasteiger partial charge in [0.1, 0.15) is 11.5 Å². The minimum Gasteiger partial charge on any atom is -0.478 e. The molecule has 0 bridgehead atoms. The van der Waals surface area contributed by atoms with Gasteiger partial charge in [-0.2, -0.15) is 0 Å². The number of halogens is 2. The van der Waals surface area contributed by atoms with Crippen molar-refractivity contribution in [2.24, 2.45) is 0 Å². The number of aromatic nitrogens is 1. The number of carboxylic acids is 1. The zero-order valence-electron chi connectivity index (χ0n) is 12.1. The fourth-order valence-corrected chi connectivity index (χ4v) is 3.12. The summed E-state index contributed by atoms with van der Waals surface area (Å²) >= 11 is 3.16. The van der Waals surface area contributed by atoms with Crippen LogP contribution < -0.4 is 10.9 Å². The highest BCUT2D eigenvalue weighted by Crippen LogP contribution is 2.24. The number of hydrogen-bond donors (Lipinski definition) is 2. The third-order valence-corrected chi connectivity index (χ3v) is 4.37. The van der Waals surface area contributed by atoms with Crippen molar-refractivity contribution >= 4 is 33.3 Å². The molecule has 1 aliphatic heterocycles. The summed E-state index contributed by atoms with van der Waals surface area (Å²) in [5.41, 5.74) is 0.485. The van der Waals surface area contributed by atoms with E-state index in [9.17, 15) is 19.1 Å². The average molecular weight is 381 g/mol. The number of nitrogens with one attached hydrogen (secondary N) is 1. The van der Waals surface area contributed by atoms with Gasteiger partial charge in [-0.25, -0.2) is 9.18 Å². The molecule has 0 spiro atoms. The molecule has 0 atom stereocenters. The molecule has 2 heterocycles. The number of nitrogens with zero attached hydrogens (tertiary/aromatic N) is 1. The number of carbonyl (C=O) groups is 1. The van der Waals surface area contributed by atoms with Crippen LogP contribution in [0.1, 0.15) is 28.9 Å². The molecule has 0 saturated heterocycles. The van der Waals surface area contributed by atoms with E-state index in [0.29, 0.717) is 23.1 Å². The molecule has 0 amide bonds. The monoisotopic (exact) mass is 380 g/mol. The van der Waals surface area contributed by atoms with Gasteiger partial charge < -0.3 is 15.0 Å². The van der Waals surface area contributed by atoms with Crippen molar-refractivity contribution in [1.29, 1.82) is 0 Å². The van der Waals surface area contributed by atoms with Crippen molar-refractivity contribution in [3.63, 3.8) is 0 Å². The Labute approximate surface area is 139 Å². The Morgan fingerprint density at radius 2 is 2.04 bits per heavy atom. The number of hydrogen-bond acceptors (Lipinski definition) is 3. The number of rotatable bonds is 3. The molecule has 1 aromatic heterocycles. The predicted molar refractivity (Wildman–Crippen MR) is 88.0 cm³/mol. The molecule has 1 aliphatic rings. The van der Waals surface area contributed by atoms with Crippen LogP contribution in [0.2, 0.25) is 0 Å². The quantitative estimate of drug-likeness (QED) is 0.854. The fourth-order valence-electron chi connectivity index (χ4n) is 2.78. The maximum Gasteiger partial charge on any atom is 0.337 e. The topological polar surface area (TPSA) is 71.3 Å². The molecule has 5 nitrogen and oxygen atoms in total. The van der Waals surface area contributed by atoms with Crippen molar-refractivity contribution in [1.82, 2.24) is 4.57 Å². The lowest BCUT2D eigenvalue weighted by molar-refractivity contribution is 0.0694. The Kier molecular flexibility index (Phi) is 4.21. The Morgan fingerprint density at radius 3 is 2.74 bits per heavy atom. The highest BCUT2D eigenvalue weighted by Gasteiger charge is 2.21. The molecule has 120 valence electrons. The summed E-state index contributed by atoms with van der Waals surface area (Å²) < 4.78 is 16.0. The summed E-state index contributed by atoms with van der Waals surface area (Å²) in [6, 6.07) is 5.70. The molecule has 0 radical (unpaired) electrons. The molecule has 3 rings (SSSR count). The summed E-state index contributed by atoms with van der Waals surface area (Å²) in [7, 11) is 0. The SMILES string of the molecule is O=C(O)c1cc(Nc2ccc(Br)cc2F)c(=O)n2c1CCCC2. The van der Waals surface area contributed by atoms with E-state index >= 15 is 0 Å². The van der Waals surface area contributed by atoms with Crippen LogP contribution in [0.4, 0.5) is 15.8 Å². The summed E-state index contributed by atoms with van der Waals surface area (Å²) in [5, 5.41) is 12.1. The van der Waals surface area contributed by atoms with Crippen LogP contribution >= 0.6 is 15.9 Å². The Balaban J connectivity index is 2.10. The lowest BCUT2D eigenvalue weighted by Crippen LogP contribution is -2.30. The number of aromatic carboxylic acids is 1. The average Bonchev–Trinajstić information content (AvgIpc) is 2.52. The van der Waals surface area contributed by atoms with E-state index in [1.807, 2.05) is 0 Å². The van der Waals surface area contributed by atoms with E-state index in [4.69, 9.17) is 0 Å². The molecule has 2 N–H and O–H groups in total. The molecule has 1 aromatic carbocycles. The second-order valence-corrected chi connectivity index (χ2v) is 6.30.